The molecule has 1 nitrogen and oxygen atoms in total. The number of thiophene rings is 1. The molecular weight excluding hydrogens is 211 g/mol. The van der Waals surface area contributed by atoms with Crippen molar-refractivity contribution >= 4 is 11.3 Å². The molecule has 1 aromatic carbocycles. The fraction of sp³-hybridized carbons (Fsp3) is 0.167. The summed E-state index contributed by atoms with van der Waals surface area (Å²) in [7, 11) is 0. The molecule has 78 valence electrons. The number of aliphatic hydroxyl groups is 1. The lowest BCUT2D eigenvalue weighted by atomic mass is 9.94. The highest BCUT2D eigenvalue weighted by molar-refractivity contribution is 7.10. The van der Waals surface area contributed by atoms with E-state index >= 15 is 0 Å². The standard InChI is InChI=1S/C12H11FOS/c1-12(14,11-3-2-8-15-11)9-4-6-10(13)7-5-9/h2-8,14H,1H3. The van der Waals surface area contributed by atoms with Crippen LogP contribution in [0.1, 0.15) is 17.4 Å². The second-order valence-corrected chi connectivity index (χ2v) is 4.50. The lowest BCUT2D eigenvalue weighted by molar-refractivity contribution is 0.106. The van der Waals surface area contributed by atoms with Gasteiger partial charge in [-0.2, -0.15) is 0 Å². The van der Waals surface area contributed by atoms with Gasteiger partial charge in [0.2, 0.25) is 0 Å². The fourth-order valence-corrected chi connectivity index (χ4v) is 2.28. The highest BCUT2D eigenvalue weighted by Crippen LogP contribution is 2.31. The maximum Gasteiger partial charge on any atom is 0.123 e. The quantitative estimate of drug-likeness (QED) is 0.827. The third-order valence-corrected chi connectivity index (χ3v) is 3.49. The van der Waals surface area contributed by atoms with E-state index in [2.05, 4.69) is 0 Å². The van der Waals surface area contributed by atoms with Gasteiger partial charge in [-0.15, -0.1) is 11.3 Å². The molecule has 3 heteroatoms. The van der Waals surface area contributed by atoms with Crippen LogP contribution in [-0.4, -0.2) is 5.11 Å². The smallest absolute Gasteiger partial charge is 0.123 e. The monoisotopic (exact) mass is 222 g/mol. The highest BCUT2D eigenvalue weighted by atomic mass is 32.1. The summed E-state index contributed by atoms with van der Waals surface area (Å²) < 4.78 is 12.7. The van der Waals surface area contributed by atoms with Gasteiger partial charge in [-0.3, -0.25) is 0 Å². The fourth-order valence-electron chi connectivity index (χ4n) is 1.47. The average molecular weight is 222 g/mol. The Hall–Kier alpha value is -1.19. The molecule has 0 aliphatic carbocycles. The van der Waals surface area contributed by atoms with E-state index in [1.165, 1.54) is 23.5 Å². The second kappa shape index (κ2) is 3.76. The molecule has 1 heterocycles. The number of benzene rings is 1. The van der Waals surface area contributed by atoms with Gasteiger partial charge in [0.15, 0.2) is 0 Å². The minimum Gasteiger partial charge on any atom is -0.380 e. The Balaban J connectivity index is 2.41. The zero-order chi connectivity index (χ0) is 10.9. The van der Waals surface area contributed by atoms with Crippen LogP contribution in [0.25, 0.3) is 0 Å². The van der Waals surface area contributed by atoms with Gasteiger partial charge in [0.1, 0.15) is 11.4 Å². The van der Waals surface area contributed by atoms with Crippen molar-refractivity contribution in [2.45, 2.75) is 12.5 Å². The maximum absolute atomic E-state index is 12.7. The van der Waals surface area contributed by atoms with Gasteiger partial charge < -0.3 is 5.11 Å². The van der Waals surface area contributed by atoms with E-state index in [1.54, 1.807) is 19.1 Å². The molecule has 0 aliphatic rings. The molecule has 1 aromatic heterocycles. The molecule has 0 saturated carbocycles. The Labute approximate surface area is 91.8 Å². The summed E-state index contributed by atoms with van der Waals surface area (Å²) in [5.74, 6) is -0.291. The summed E-state index contributed by atoms with van der Waals surface area (Å²) in [6.07, 6.45) is 0. The molecule has 1 unspecified atom stereocenters. The van der Waals surface area contributed by atoms with Gasteiger partial charge in [0.25, 0.3) is 0 Å². The van der Waals surface area contributed by atoms with E-state index in [4.69, 9.17) is 0 Å². The van der Waals surface area contributed by atoms with Gasteiger partial charge in [-0.05, 0) is 36.1 Å². The Morgan fingerprint density at radius 1 is 1.20 bits per heavy atom. The van der Waals surface area contributed by atoms with Crippen molar-refractivity contribution in [1.29, 1.82) is 0 Å². The minimum atomic E-state index is -1.04. The van der Waals surface area contributed by atoms with Crippen molar-refractivity contribution < 1.29 is 9.50 Å². The highest BCUT2D eigenvalue weighted by Gasteiger charge is 2.26. The Kier molecular flexibility index (Phi) is 2.59. The number of rotatable bonds is 2. The van der Waals surface area contributed by atoms with Crippen molar-refractivity contribution in [1.82, 2.24) is 0 Å². The van der Waals surface area contributed by atoms with Crippen molar-refractivity contribution in [2.24, 2.45) is 0 Å². The van der Waals surface area contributed by atoms with E-state index in [9.17, 15) is 9.50 Å². The third-order valence-electron chi connectivity index (χ3n) is 2.41. The summed E-state index contributed by atoms with van der Waals surface area (Å²) in [6.45, 7) is 1.71. The predicted octanol–water partition coefficient (Wildman–Crippen LogP) is 3.14. The average Bonchev–Trinajstić information content (AvgIpc) is 2.71. The van der Waals surface area contributed by atoms with E-state index in [1.807, 2.05) is 17.5 Å². The molecule has 0 bridgehead atoms. The van der Waals surface area contributed by atoms with Crippen molar-refractivity contribution in [2.75, 3.05) is 0 Å². The molecule has 1 N–H and O–H groups in total. The lowest BCUT2D eigenvalue weighted by Gasteiger charge is -2.22. The number of hydrogen-bond acceptors (Lipinski definition) is 2. The van der Waals surface area contributed by atoms with Crippen LogP contribution in [0.4, 0.5) is 4.39 Å². The molecule has 0 spiro atoms. The van der Waals surface area contributed by atoms with Crippen molar-refractivity contribution in [3.8, 4) is 0 Å². The van der Waals surface area contributed by atoms with Gasteiger partial charge in [-0.1, -0.05) is 18.2 Å². The van der Waals surface area contributed by atoms with Crippen LogP contribution in [0.15, 0.2) is 41.8 Å². The molecular formula is C12H11FOS. The summed E-state index contributed by atoms with van der Waals surface area (Å²) >= 11 is 1.49. The predicted molar refractivity (Wildman–Crippen MR) is 59.4 cm³/mol. The zero-order valence-corrected chi connectivity index (χ0v) is 9.09. The summed E-state index contributed by atoms with van der Waals surface area (Å²) in [5, 5.41) is 12.2. The van der Waals surface area contributed by atoms with Gasteiger partial charge in [0.05, 0.1) is 0 Å². The summed E-state index contributed by atoms with van der Waals surface area (Å²) in [6, 6.07) is 9.69. The van der Waals surface area contributed by atoms with E-state index in [0.717, 1.165) is 4.88 Å². The van der Waals surface area contributed by atoms with E-state index in [-0.39, 0.29) is 5.82 Å². The number of hydrogen-bond donors (Lipinski definition) is 1. The second-order valence-electron chi connectivity index (χ2n) is 3.56. The molecule has 2 rings (SSSR count). The van der Waals surface area contributed by atoms with E-state index in [0.29, 0.717) is 5.56 Å². The molecule has 0 radical (unpaired) electrons. The van der Waals surface area contributed by atoms with E-state index < -0.39 is 5.60 Å². The van der Waals surface area contributed by atoms with Crippen LogP contribution in [0.5, 0.6) is 0 Å². The largest absolute Gasteiger partial charge is 0.380 e. The van der Waals surface area contributed by atoms with Crippen LogP contribution < -0.4 is 0 Å². The first-order valence-corrected chi connectivity index (χ1v) is 5.51. The first kappa shape index (κ1) is 10.3. The Bertz CT molecular complexity index is 431. The van der Waals surface area contributed by atoms with Crippen LogP contribution >= 0.6 is 11.3 Å². The Morgan fingerprint density at radius 3 is 2.40 bits per heavy atom. The van der Waals surface area contributed by atoms with Gasteiger partial charge in [0, 0.05) is 4.88 Å². The molecule has 15 heavy (non-hydrogen) atoms. The summed E-state index contributed by atoms with van der Waals surface area (Å²) in [4.78, 5) is 0.856. The maximum atomic E-state index is 12.7. The SMILES string of the molecule is CC(O)(c1ccc(F)cc1)c1cccs1. The first-order chi connectivity index (χ1) is 7.10. The summed E-state index contributed by atoms with van der Waals surface area (Å²) in [5.41, 5.74) is -0.339. The Morgan fingerprint density at radius 2 is 1.87 bits per heavy atom. The van der Waals surface area contributed by atoms with Gasteiger partial charge in [-0.25, -0.2) is 4.39 Å². The molecule has 0 saturated heterocycles. The van der Waals surface area contributed by atoms with Crippen LogP contribution in [-0.2, 0) is 5.60 Å². The van der Waals surface area contributed by atoms with Crippen LogP contribution in [0.3, 0.4) is 0 Å². The van der Waals surface area contributed by atoms with Crippen LogP contribution in [0.2, 0.25) is 0 Å². The number of halogens is 1. The van der Waals surface area contributed by atoms with Crippen molar-refractivity contribution in [3.63, 3.8) is 0 Å². The minimum absolute atomic E-state index is 0.291. The van der Waals surface area contributed by atoms with Crippen molar-refractivity contribution in [3.05, 3.63) is 58.0 Å². The van der Waals surface area contributed by atoms with Crippen LogP contribution in [0, 0.1) is 5.82 Å². The molecule has 0 fully saturated rings. The zero-order valence-electron chi connectivity index (χ0n) is 8.27. The molecule has 0 aliphatic heterocycles. The topological polar surface area (TPSA) is 20.2 Å². The van der Waals surface area contributed by atoms with Gasteiger partial charge >= 0.3 is 0 Å². The first-order valence-electron chi connectivity index (χ1n) is 4.63. The normalized spacial score (nSPS) is 14.9. The molecule has 2 aromatic rings. The lowest BCUT2D eigenvalue weighted by Crippen LogP contribution is -2.21. The molecule has 1 atom stereocenters. The third kappa shape index (κ3) is 1.94. The molecule has 0 amide bonds.